The van der Waals surface area contributed by atoms with E-state index in [-0.39, 0.29) is 30.4 Å². The molecule has 0 aliphatic rings. The van der Waals surface area contributed by atoms with Crippen molar-refractivity contribution in [1.82, 2.24) is 4.90 Å². The zero-order valence-electron chi connectivity index (χ0n) is 17.0. The molecule has 2 N–H and O–H groups in total. The van der Waals surface area contributed by atoms with Gasteiger partial charge in [-0.15, -0.1) is 0 Å². The smallest absolute Gasteiger partial charge is 0.296 e. The van der Waals surface area contributed by atoms with Crippen LogP contribution in [0.5, 0.6) is 5.75 Å². The Kier molecular flexibility index (Phi) is 9.04. The molecule has 0 aromatic heterocycles. The Morgan fingerprint density at radius 1 is 1.06 bits per heavy atom. The SMILES string of the molecule is CCCN(CC(=O)Nc1ccc(Cl)cc1Cl)CC(=O)Nc1ccc(OC)cc1[N+](=O)[O-]. The second-order valence-electron chi connectivity index (χ2n) is 6.57. The van der Waals surface area contributed by atoms with Gasteiger partial charge in [-0.25, -0.2) is 0 Å². The van der Waals surface area contributed by atoms with Gasteiger partial charge in [0, 0.05) is 5.02 Å². The van der Waals surface area contributed by atoms with Crippen molar-refractivity contribution >= 4 is 52.1 Å². The monoisotopic (exact) mass is 468 g/mol. The standard InChI is InChI=1S/C20H22Cl2N4O5/c1-3-8-25(11-19(27)23-16-6-4-13(21)9-15(16)22)12-20(28)24-17-7-5-14(31-2)10-18(17)26(29)30/h4-7,9-10H,3,8,11-12H2,1-2H3,(H,23,27)(H,24,28). The molecular weight excluding hydrogens is 447 g/mol. The first-order chi connectivity index (χ1) is 14.7. The molecule has 0 aliphatic carbocycles. The summed E-state index contributed by atoms with van der Waals surface area (Å²) in [5.74, 6) is -0.546. The van der Waals surface area contributed by atoms with Crippen molar-refractivity contribution in [2.45, 2.75) is 13.3 Å². The molecule has 0 radical (unpaired) electrons. The van der Waals surface area contributed by atoms with E-state index >= 15 is 0 Å². The lowest BCUT2D eigenvalue weighted by Gasteiger charge is -2.21. The minimum atomic E-state index is -0.606. The second kappa shape index (κ2) is 11.5. The summed E-state index contributed by atoms with van der Waals surface area (Å²) in [6.07, 6.45) is 0.699. The number of methoxy groups -OCH3 is 1. The molecule has 0 atom stereocenters. The van der Waals surface area contributed by atoms with Gasteiger partial charge in [0.2, 0.25) is 11.8 Å². The van der Waals surface area contributed by atoms with E-state index in [1.165, 1.54) is 31.4 Å². The Hall–Kier alpha value is -2.88. The molecule has 0 bridgehead atoms. The lowest BCUT2D eigenvalue weighted by molar-refractivity contribution is -0.384. The fourth-order valence-electron chi connectivity index (χ4n) is 2.80. The van der Waals surface area contributed by atoms with Crippen LogP contribution in [-0.4, -0.2) is 48.4 Å². The maximum atomic E-state index is 12.5. The van der Waals surface area contributed by atoms with Crippen molar-refractivity contribution in [1.29, 1.82) is 0 Å². The minimum absolute atomic E-state index is 0.0460. The maximum absolute atomic E-state index is 12.5. The summed E-state index contributed by atoms with van der Waals surface area (Å²) in [5.41, 5.74) is 0.167. The van der Waals surface area contributed by atoms with E-state index in [9.17, 15) is 19.7 Å². The fourth-order valence-corrected chi connectivity index (χ4v) is 3.26. The highest BCUT2D eigenvalue weighted by Gasteiger charge is 2.20. The van der Waals surface area contributed by atoms with Gasteiger partial charge in [-0.1, -0.05) is 30.1 Å². The van der Waals surface area contributed by atoms with Crippen LogP contribution in [-0.2, 0) is 9.59 Å². The molecule has 2 amide bonds. The summed E-state index contributed by atoms with van der Waals surface area (Å²) in [5, 5.41) is 17.2. The van der Waals surface area contributed by atoms with Gasteiger partial charge in [-0.2, -0.15) is 0 Å². The largest absolute Gasteiger partial charge is 0.496 e. The number of carbonyl (C=O) groups is 2. The van der Waals surface area contributed by atoms with Crippen molar-refractivity contribution in [3.63, 3.8) is 0 Å². The van der Waals surface area contributed by atoms with E-state index in [1.807, 2.05) is 6.92 Å². The predicted octanol–water partition coefficient (Wildman–Crippen LogP) is 4.20. The molecule has 2 aromatic rings. The predicted molar refractivity (Wildman–Crippen MR) is 120 cm³/mol. The zero-order valence-corrected chi connectivity index (χ0v) is 18.5. The van der Waals surface area contributed by atoms with Crippen LogP contribution in [0.25, 0.3) is 0 Å². The Balaban J connectivity index is 2.03. The number of nitrogens with zero attached hydrogens (tertiary/aromatic N) is 2. The lowest BCUT2D eigenvalue weighted by atomic mass is 10.2. The number of rotatable bonds is 10. The molecule has 0 saturated carbocycles. The molecule has 9 nitrogen and oxygen atoms in total. The van der Waals surface area contributed by atoms with Gasteiger partial charge in [-0.05, 0) is 43.3 Å². The highest BCUT2D eigenvalue weighted by Crippen LogP contribution is 2.29. The number of ether oxygens (including phenoxy) is 1. The number of carbonyl (C=O) groups excluding carboxylic acids is 2. The third-order valence-corrected chi connectivity index (χ3v) is 4.70. The van der Waals surface area contributed by atoms with Crippen molar-refractivity contribution in [3.05, 3.63) is 56.6 Å². The minimum Gasteiger partial charge on any atom is -0.496 e. The van der Waals surface area contributed by atoms with Gasteiger partial charge in [0.15, 0.2) is 0 Å². The van der Waals surface area contributed by atoms with E-state index in [0.29, 0.717) is 34.4 Å². The first-order valence-corrected chi connectivity index (χ1v) is 10.1. The van der Waals surface area contributed by atoms with E-state index in [4.69, 9.17) is 27.9 Å². The Labute approximate surface area is 189 Å². The summed E-state index contributed by atoms with van der Waals surface area (Å²) < 4.78 is 4.98. The third kappa shape index (κ3) is 7.39. The quantitative estimate of drug-likeness (QED) is 0.398. The number of nitrogens with one attached hydrogen (secondary N) is 2. The Bertz CT molecular complexity index is 971. The number of amides is 2. The van der Waals surface area contributed by atoms with Crippen LogP contribution in [0, 0.1) is 10.1 Å². The Morgan fingerprint density at radius 2 is 1.68 bits per heavy atom. The third-order valence-electron chi connectivity index (χ3n) is 4.16. The normalized spacial score (nSPS) is 10.6. The number of benzene rings is 2. The van der Waals surface area contributed by atoms with Crippen LogP contribution in [0.3, 0.4) is 0 Å². The molecule has 0 aliphatic heterocycles. The molecule has 0 heterocycles. The summed E-state index contributed by atoms with van der Waals surface area (Å²) >= 11 is 11.9. The number of nitro benzene ring substituents is 1. The van der Waals surface area contributed by atoms with Gasteiger partial charge in [-0.3, -0.25) is 24.6 Å². The zero-order chi connectivity index (χ0) is 23.0. The molecule has 2 rings (SSSR count). The summed E-state index contributed by atoms with van der Waals surface area (Å²) in [6.45, 7) is 2.19. The highest BCUT2D eigenvalue weighted by atomic mass is 35.5. The summed E-state index contributed by atoms with van der Waals surface area (Å²) in [4.78, 5) is 37.2. The second-order valence-corrected chi connectivity index (χ2v) is 7.42. The van der Waals surface area contributed by atoms with Crippen molar-refractivity contribution in [3.8, 4) is 5.75 Å². The molecule has 0 unspecified atom stereocenters. The number of anilines is 2. The van der Waals surface area contributed by atoms with Crippen LogP contribution < -0.4 is 15.4 Å². The van der Waals surface area contributed by atoms with E-state index < -0.39 is 10.8 Å². The average Bonchev–Trinajstić information content (AvgIpc) is 2.70. The van der Waals surface area contributed by atoms with E-state index in [1.54, 1.807) is 17.0 Å². The molecule has 0 spiro atoms. The van der Waals surface area contributed by atoms with Crippen molar-refractivity contribution < 1.29 is 19.2 Å². The van der Waals surface area contributed by atoms with E-state index in [2.05, 4.69) is 10.6 Å². The van der Waals surface area contributed by atoms with Gasteiger partial charge in [0.05, 0.1) is 41.9 Å². The van der Waals surface area contributed by atoms with Crippen LogP contribution in [0.1, 0.15) is 13.3 Å². The molecule has 31 heavy (non-hydrogen) atoms. The fraction of sp³-hybridized carbons (Fsp3) is 0.300. The topological polar surface area (TPSA) is 114 Å². The highest BCUT2D eigenvalue weighted by molar-refractivity contribution is 6.36. The van der Waals surface area contributed by atoms with E-state index in [0.717, 1.165) is 0 Å². The van der Waals surface area contributed by atoms with Crippen molar-refractivity contribution in [2.75, 3.05) is 37.4 Å². The number of hydrogen-bond acceptors (Lipinski definition) is 6. The Morgan fingerprint density at radius 3 is 2.23 bits per heavy atom. The first kappa shape index (κ1) is 24.4. The van der Waals surface area contributed by atoms with Crippen LogP contribution in [0.4, 0.5) is 17.1 Å². The lowest BCUT2D eigenvalue weighted by Crippen LogP contribution is -2.39. The van der Waals surface area contributed by atoms with Gasteiger partial charge in [0.1, 0.15) is 11.4 Å². The van der Waals surface area contributed by atoms with Crippen molar-refractivity contribution in [2.24, 2.45) is 0 Å². The maximum Gasteiger partial charge on any atom is 0.296 e. The number of halogens is 2. The first-order valence-electron chi connectivity index (χ1n) is 9.33. The molecular formula is C20H22Cl2N4O5. The van der Waals surface area contributed by atoms with Crippen LogP contribution in [0.2, 0.25) is 10.0 Å². The molecule has 0 fully saturated rings. The van der Waals surface area contributed by atoms with Crippen LogP contribution in [0.15, 0.2) is 36.4 Å². The average molecular weight is 469 g/mol. The molecule has 11 heteroatoms. The van der Waals surface area contributed by atoms with Gasteiger partial charge < -0.3 is 15.4 Å². The number of nitro groups is 1. The van der Waals surface area contributed by atoms with Gasteiger partial charge in [0.25, 0.3) is 5.69 Å². The molecule has 166 valence electrons. The number of hydrogen-bond donors (Lipinski definition) is 2. The molecule has 2 aromatic carbocycles. The molecule has 0 saturated heterocycles. The summed E-state index contributed by atoms with van der Waals surface area (Å²) in [6, 6.07) is 8.83. The van der Waals surface area contributed by atoms with Gasteiger partial charge >= 0.3 is 0 Å². The van der Waals surface area contributed by atoms with Crippen LogP contribution >= 0.6 is 23.2 Å². The summed E-state index contributed by atoms with van der Waals surface area (Å²) in [7, 11) is 1.39.